The molecule has 0 aromatic heterocycles. The van der Waals surface area contributed by atoms with Crippen molar-refractivity contribution >= 4 is 0 Å². The van der Waals surface area contributed by atoms with Gasteiger partial charge < -0.3 is 5.73 Å². The molecule has 0 atom stereocenters. The van der Waals surface area contributed by atoms with Gasteiger partial charge >= 0.3 is 0 Å². The highest BCUT2D eigenvalue weighted by atomic mass is 14.5. The zero-order valence-electron chi connectivity index (χ0n) is 2.49. The van der Waals surface area contributed by atoms with Crippen LogP contribution in [0, 0.1) is 13.5 Å². The van der Waals surface area contributed by atoms with E-state index < -0.39 is 0 Å². The first-order valence-corrected chi connectivity index (χ1v) is 1.14. The third-order valence-corrected chi connectivity index (χ3v) is 0.144. The Bertz CT molecular complexity index is 5.25. The van der Waals surface area contributed by atoms with E-state index >= 15 is 0 Å². The lowest BCUT2D eigenvalue weighted by Crippen LogP contribution is -1.83. The molecule has 2 N–H and O–H groups in total. The van der Waals surface area contributed by atoms with E-state index in [9.17, 15) is 0 Å². The molecule has 0 amide bonds. The molecule has 0 unspecified atom stereocenters. The second kappa shape index (κ2) is 2.96. The molecule has 0 aliphatic heterocycles. The van der Waals surface area contributed by atoms with E-state index in [-0.39, 0.29) is 0 Å². The molecule has 0 rings (SSSR count). The fourth-order valence-electron chi connectivity index (χ4n) is 0. The summed E-state index contributed by atoms with van der Waals surface area (Å²) in [6.45, 7) is 5.69. The lowest BCUT2D eigenvalue weighted by atomic mass is 10.5. The van der Waals surface area contributed by atoms with Gasteiger partial charge in [0, 0.05) is 0 Å². The summed E-state index contributed by atoms with van der Waals surface area (Å²) in [6, 6.07) is 0. The van der Waals surface area contributed by atoms with Crippen molar-refractivity contribution in [2.75, 3.05) is 0 Å². The predicted molar refractivity (Wildman–Crippen MR) is 17.4 cm³/mol. The first-order chi connectivity index (χ1) is 1.91. The molecule has 0 bridgehead atoms. The summed E-state index contributed by atoms with van der Waals surface area (Å²) in [5.41, 5.74) is 4.72. The fraction of sp³-hybridized carbons (Fsp3) is 0.333. The van der Waals surface area contributed by atoms with E-state index in [1.807, 2.05) is 0 Å². The molecule has 3 radical (unpaired) electrons. The summed E-state index contributed by atoms with van der Waals surface area (Å²) in [5.74, 6) is 0. The molecule has 0 heterocycles. The maximum Gasteiger partial charge on any atom is 0.0556 e. The lowest BCUT2D eigenvalue weighted by molar-refractivity contribution is 1.17. The summed E-state index contributed by atoms with van der Waals surface area (Å²) in [5, 5.41) is 0. The van der Waals surface area contributed by atoms with Gasteiger partial charge in [0.15, 0.2) is 0 Å². The second-order valence-corrected chi connectivity index (χ2v) is 0.454. The summed E-state index contributed by atoms with van der Waals surface area (Å²) >= 11 is 0. The molecule has 1 heteroatoms. The summed E-state index contributed by atoms with van der Waals surface area (Å²) < 4.78 is 0. The lowest BCUT2D eigenvalue weighted by Gasteiger charge is -1.67. The van der Waals surface area contributed by atoms with E-state index in [2.05, 4.69) is 13.5 Å². The second-order valence-electron chi connectivity index (χ2n) is 0.454. The third kappa shape index (κ3) is 1.96. The van der Waals surface area contributed by atoms with Crippen molar-refractivity contribution in [3.8, 4) is 0 Å². The Balaban J connectivity index is 1.97. The Hall–Kier alpha value is -0.0400. The van der Waals surface area contributed by atoms with Crippen molar-refractivity contribution in [2.45, 2.75) is 6.42 Å². The average molecular weight is 56.1 g/mol. The average Bonchev–Trinajstić information content (AvgIpc) is 1.37. The molecule has 1 nitrogen and oxygen atoms in total. The van der Waals surface area contributed by atoms with Crippen LogP contribution in [-0.4, -0.2) is 0 Å². The van der Waals surface area contributed by atoms with Crippen LogP contribution in [0.5, 0.6) is 0 Å². The van der Waals surface area contributed by atoms with E-state index in [1.54, 1.807) is 0 Å². The van der Waals surface area contributed by atoms with Crippen molar-refractivity contribution in [3.05, 3.63) is 13.5 Å². The van der Waals surface area contributed by atoms with Gasteiger partial charge in [0.1, 0.15) is 0 Å². The largest absolute Gasteiger partial charge is 0.322 e. The molecule has 0 saturated heterocycles. The van der Waals surface area contributed by atoms with Gasteiger partial charge in [-0.15, -0.1) is 0 Å². The van der Waals surface area contributed by atoms with Gasteiger partial charge in [-0.3, -0.25) is 0 Å². The zero-order valence-corrected chi connectivity index (χ0v) is 2.49. The first kappa shape index (κ1) is 3.96. The molecule has 0 spiro atoms. The Kier molecular flexibility index (Phi) is 2.93. The molecule has 23 valence electrons. The minimum Gasteiger partial charge on any atom is -0.322 e. The molecular formula is C3H6N. The van der Waals surface area contributed by atoms with E-state index in [0.29, 0.717) is 6.42 Å². The van der Waals surface area contributed by atoms with Crippen molar-refractivity contribution in [3.63, 3.8) is 0 Å². The van der Waals surface area contributed by atoms with Crippen LogP contribution in [0.1, 0.15) is 6.42 Å². The van der Waals surface area contributed by atoms with Crippen molar-refractivity contribution in [2.24, 2.45) is 5.73 Å². The van der Waals surface area contributed by atoms with E-state index in [1.165, 1.54) is 0 Å². The van der Waals surface area contributed by atoms with Gasteiger partial charge in [0.05, 0.1) is 6.54 Å². The third-order valence-electron chi connectivity index (χ3n) is 0.144. The highest BCUT2D eigenvalue weighted by Crippen LogP contribution is 1.64. The van der Waals surface area contributed by atoms with Crippen LogP contribution in [0.4, 0.5) is 0 Å². The van der Waals surface area contributed by atoms with Crippen LogP contribution in [0.2, 0.25) is 0 Å². The Morgan fingerprint density at radius 1 is 2.00 bits per heavy atom. The highest BCUT2D eigenvalue weighted by Gasteiger charge is 1.58. The Labute approximate surface area is 26.8 Å². The van der Waals surface area contributed by atoms with Crippen LogP contribution in [0.25, 0.3) is 0 Å². The van der Waals surface area contributed by atoms with Gasteiger partial charge in [-0.25, -0.2) is 0 Å². The Morgan fingerprint density at radius 2 is 2.25 bits per heavy atom. The summed E-state index contributed by atoms with van der Waals surface area (Å²) in [4.78, 5) is 0. The highest BCUT2D eigenvalue weighted by molar-refractivity contribution is 4.51. The predicted octanol–water partition coefficient (Wildman–Crippen LogP) is 0.208. The number of nitrogens with two attached hydrogens (primary N) is 1. The van der Waals surface area contributed by atoms with Gasteiger partial charge in [-0.1, -0.05) is 6.92 Å². The summed E-state index contributed by atoms with van der Waals surface area (Å²) in [6.07, 6.45) is 0.597. The normalized spacial score (nSPS) is 7.50. The molecule has 0 saturated carbocycles. The van der Waals surface area contributed by atoms with Crippen LogP contribution in [0.3, 0.4) is 0 Å². The molecule has 4 heavy (non-hydrogen) atoms. The van der Waals surface area contributed by atoms with Crippen molar-refractivity contribution in [1.29, 1.82) is 0 Å². The number of hydrogen-bond donors (Lipinski definition) is 1. The fourth-order valence-corrected chi connectivity index (χ4v) is 0. The molecule has 0 aliphatic carbocycles. The number of hydrogen-bond acceptors (Lipinski definition) is 1. The molecule has 0 fully saturated rings. The molecule has 0 aromatic carbocycles. The number of rotatable bonds is 1. The molecule has 0 aromatic rings. The smallest absolute Gasteiger partial charge is 0.0556 e. The van der Waals surface area contributed by atoms with Crippen LogP contribution in [-0.2, 0) is 0 Å². The first-order valence-electron chi connectivity index (χ1n) is 1.14. The standard InChI is InChI=1S/C3H6N/c1-2-3-4/h1-2,4H2. The van der Waals surface area contributed by atoms with Crippen molar-refractivity contribution in [1.82, 2.24) is 0 Å². The molecular weight excluding hydrogens is 50.0 g/mol. The SMILES string of the molecule is [CH2]C[C]N. The van der Waals surface area contributed by atoms with Crippen molar-refractivity contribution < 1.29 is 0 Å². The topological polar surface area (TPSA) is 26.0 Å². The maximum absolute atomic E-state index is 4.72. The maximum atomic E-state index is 4.72. The molecule has 0 aliphatic rings. The zero-order chi connectivity index (χ0) is 3.41. The minimum atomic E-state index is 0.597. The van der Waals surface area contributed by atoms with Gasteiger partial charge in [-0.05, 0) is 6.42 Å². The monoisotopic (exact) mass is 56.1 g/mol. The van der Waals surface area contributed by atoms with Gasteiger partial charge in [0.2, 0.25) is 0 Å². The van der Waals surface area contributed by atoms with Gasteiger partial charge in [0.25, 0.3) is 0 Å². The quantitative estimate of drug-likeness (QED) is 0.427. The van der Waals surface area contributed by atoms with E-state index in [4.69, 9.17) is 5.73 Å². The minimum absolute atomic E-state index is 0.597. The van der Waals surface area contributed by atoms with E-state index in [0.717, 1.165) is 0 Å². The van der Waals surface area contributed by atoms with Gasteiger partial charge in [-0.2, -0.15) is 0 Å². The Morgan fingerprint density at radius 3 is 2.25 bits per heavy atom. The van der Waals surface area contributed by atoms with Crippen LogP contribution >= 0.6 is 0 Å². The summed E-state index contributed by atoms with van der Waals surface area (Å²) in [7, 11) is 0. The van der Waals surface area contributed by atoms with Crippen LogP contribution < -0.4 is 5.73 Å². The van der Waals surface area contributed by atoms with Crippen LogP contribution in [0.15, 0.2) is 0 Å².